The summed E-state index contributed by atoms with van der Waals surface area (Å²) < 4.78 is 70.2. The number of halogens is 5. The van der Waals surface area contributed by atoms with Crippen molar-refractivity contribution >= 4 is 5.97 Å². The van der Waals surface area contributed by atoms with E-state index >= 15 is 0 Å². The summed E-state index contributed by atoms with van der Waals surface area (Å²) in [5, 5.41) is 0. The van der Waals surface area contributed by atoms with Crippen molar-refractivity contribution in [3.8, 4) is 0 Å². The molecule has 0 aromatic rings. The van der Waals surface area contributed by atoms with Crippen LogP contribution in [0.15, 0.2) is 0 Å². The van der Waals surface area contributed by atoms with Gasteiger partial charge < -0.3 is 9.47 Å². The van der Waals surface area contributed by atoms with E-state index in [1.54, 1.807) is 0 Å². The predicted molar refractivity (Wildman–Crippen MR) is 50.2 cm³/mol. The summed E-state index contributed by atoms with van der Waals surface area (Å²) >= 11 is 0. The van der Waals surface area contributed by atoms with Crippen LogP contribution >= 0.6 is 0 Å². The third kappa shape index (κ3) is 3.30. The molecule has 0 bridgehead atoms. The third-order valence-corrected chi connectivity index (χ3v) is 2.93. The number of carbonyl (C=O) groups is 1. The molecule has 18 heavy (non-hydrogen) atoms. The number of carbonyl (C=O) groups excluding carboxylic acids is 1. The molecule has 3 nitrogen and oxygen atoms in total. The molecule has 0 heterocycles. The van der Waals surface area contributed by atoms with E-state index in [1.165, 1.54) is 0 Å². The van der Waals surface area contributed by atoms with E-state index < -0.39 is 30.3 Å². The maximum atomic E-state index is 12.7. The minimum absolute atomic E-state index is 0.274. The van der Waals surface area contributed by atoms with Crippen LogP contribution in [0.5, 0.6) is 0 Å². The molecule has 0 aliphatic heterocycles. The lowest BCUT2D eigenvalue weighted by Crippen LogP contribution is -2.48. The molecule has 1 rings (SSSR count). The number of ether oxygens (including phenoxy) is 2. The number of methoxy groups -OCH3 is 1. The molecule has 8 heteroatoms. The van der Waals surface area contributed by atoms with E-state index in [1.807, 2.05) is 0 Å². The first-order valence-electron chi connectivity index (χ1n) is 5.27. The van der Waals surface area contributed by atoms with Gasteiger partial charge in [0.15, 0.2) is 0 Å². The Bertz CT molecular complexity index is 309. The minimum Gasteiger partial charge on any atom is -0.469 e. The number of rotatable bonds is 5. The van der Waals surface area contributed by atoms with E-state index in [0.717, 1.165) is 7.11 Å². The van der Waals surface area contributed by atoms with Crippen molar-refractivity contribution in [2.24, 2.45) is 0 Å². The Balaban J connectivity index is 2.57. The molecule has 0 spiro atoms. The van der Waals surface area contributed by atoms with Crippen LogP contribution in [0, 0.1) is 0 Å². The average Bonchev–Trinajstić information content (AvgIpc) is 2.19. The molecular weight excluding hydrogens is 263 g/mol. The van der Waals surface area contributed by atoms with Gasteiger partial charge in [0.25, 0.3) is 0 Å². The lowest BCUT2D eigenvalue weighted by molar-refractivity contribution is -0.309. The van der Waals surface area contributed by atoms with Crippen LogP contribution < -0.4 is 0 Å². The van der Waals surface area contributed by atoms with Crippen LogP contribution in [0.1, 0.15) is 25.7 Å². The fourth-order valence-electron chi connectivity index (χ4n) is 1.60. The highest BCUT2D eigenvalue weighted by atomic mass is 19.4. The van der Waals surface area contributed by atoms with Crippen LogP contribution in [0.25, 0.3) is 0 Å². The predicted octanol–water partition coefficient (Wildman–Crippen LogP) is 2.69. The molecule has 1 aliphatic rings. The monoisotopic (exact) mass is 276 g/mol. The molecule has 0 atom stereocenters. The SMILES string of the molecule is COC(=O)CC1(OCC(F)(F)C(F)(F)F)CCC1. The second-order valence-corrected chi connectivity index (χ2v) is 4.28. The van der Waals surface area contributed by atoms with Gasteiger partial charge in [0.2, 0.25) is 0 Å². The highest BCUT2D eigenvalue weighted by Gasteiger charge is 2.59. The van der Waals surface area contributed by atoms with E-state index in [9.17, 15) is 26.7 Å². The van der Waals surface area contributed by atoms with Crippen LogP contribution in [-0.2, 0) is 14.3 Å². The van der Waals surface area contributed by atoms with Gasteiger partial charge in [-0.05, 0) is 19.3 Å². The summed E-state index contributed by atoms with van der Waals surface area (Å²) in [6, 6.07) is 0. The fraction of sp³-hybridized carbons (Fsp3) is 0.900. The maximum absolute atomic E-state index is 12.7. The van der Waals surface area contributed by atoms with Gasteiger partial charge in [-0.1, -0.05) is 0 Å². The Labute approximate surface area is 100 Å². The Hall–Kier alpha value is -0.920. The van der Waals surface area contributed by atoms with Crippen molar-refractivity contribution < 1.29 is 36.2 Å². The van der Waals surface area contributed by atoms with E-state index in [0.29, 0.717) is 6.42 Å². The van der Waals surface area contributed by atoms with Crippen LogP contribution in [0.4, 0.5) is 22.0 Å². The zero-order valence-electron chi connectivity index (χ0n) is 9.65. The summed E-state index contributed by atoms with van der Waals surface area (Å²) in [6.07, 6.45) is -4.79. The summed E-state index contributed by atoms with van der Waals surface area (Å²) in [4.78, 5) is 11.0. The first kappa shape index (κ1) is 15.1. The fourth-order valence-corrected chi connectivity index (χ4v) is 1.60. The van der Waals surface area contributed by atoms with Crippen LogP contribution in [0.3, 0.4) is 0 Å². The van der Waals surface area contributed by atoms with Gasteiger partial charge in [0, 0.05) is 0 Å². The van der Waals surface area contributed by atoms with Gasteiger partial charge in [-0.2, -0.15) is 22.0 Å². The topological polar surface area (TPSA) is 35.5 Å². The molecule has 0 N–H and O–H groups in total. The maximum Gasteiger partial charge on any atom is 0.455 e. The van der Waals surface area contributed by atoms with E-state index in [-0.39, 0.29) is 19.3 Å². The number of esters is 1. The van der Waals surface area contributed by atoms with Crippen molar-refractivity contribution in [1.29, 1.82) is 0 Å². The van der Waals surface area contributed by atoms with E-state index in [2.05, 4.69) is 9.47 Å². The molecule has 0 aromatic heterocycles. The Morgan fingerprint density at radius 2 is 1.78 bits per heavy atom. The lowest BCUT2D eigenvalue weighted by atomic mass is 9.77. The summed E-state index contributed by atoms with van der Waals surface area (Å²) in [5.41, 5.74) is -1.23. The molecule has 1 saturated carbocycles. The third-order valence-electron chi connectivity index (χ3n) is 2.93. The normalized spacial score (nSPS) is 19.2. The van der Waals surface area contributed by atoms with Gasteiger partial charge in [-0.3, -0.25) is 4.79 Å². The van der Waals surface area contributed by atoms with Gasteiger partial charge >= 0.3 is 18.1 Å². The van der Waals surface area contributed by atoms with Crippen molar-refractivity contribution in [2.75, 3.05) is 13.7 Å². The largest absolute Gasteiger partial charge is 0.469 e. The Kier molecular flexibility index (Phi) is 4.19. The smallest absolute Gasteiger partial charge is 0.455 e. The lowest BCUT2D eigenvalue weighted by Gasteiger charge is -2.41. The minimum atomic E-state index is -5.65. The Morgan fingerprint density at radius 1 is 1.22 bits per heavy atom. The molecule has 0 unspecified atom stereocenters. The van der Waals surface area contributed by atoms with Gasteiger partial charge in [-0.15, -0.1) is 0 Å². The molecule has 1 aliphatic carbocycles. The van der Waals surface area contributed by atoms with Crippen LogP contribution in [0.2, 0.25) is 0 Å². The van der Waals surface area contributed by atoms with Gasteiger partial charge in [0.05, 0.1) is 19.1 Å². The number of alkyl halides is 5. The highest BCUT2D eigenvalue weighted by molar-refractivity contribution is 5.70. The van der Waals surface area contributed by atoms with Crippen molar-refractivity contribution in [1.82, 2.24) is 0 Å². The molecule has 0 radical (unpaired) electrons. The van der Waals surface area contributed by atoms with Gasteiger partial charge in [0.1, 0.15) is 6.61 Å². The second-order valence-electron chi connectivity index (χ2n) is 4.28. The first-order valence-corrected chi connectivity index (χ1v) is 5.27. The second kappa shape index (κ2) is 4.99. The summed E-state index contributed by atoms with van der Waals surface area (Å²) in [5.74, 6) is -5.60. The molecule has 1 fully saturated rings. The van der Waals surface area contributed by atoms with Crippen LogP contribution in [-0.4, -0.2) is 37.4 Å². The quantitative estimate of drug-likeness (QED) is 0.572. The standard InChI is InChI=1S/C10H13F5O3/c1-17-7(16)5-8(3-2-4-8)18-6-9(11,12)10(13,14)15/h2-6H2,1H3. The zero-order chi connectivity index (χ0) is 14.0. The van der Waals surface area contributed by atoms with Gasteiger partial charge in [-0.25, -0.2) is 0 Å². The molecule has 0 aromatic carbocycles. The van der Waals surface area contributed by atoms with Crippen molar-refractivity contribution in [2.45, 2.75) is 43.4 Å². The van der Waals surface area contributed by atoms with E-state index in [4.69, 9.17) is 0 Å². The average molecular weight is 276 g/mol. The molecule has 0 saturated heterocycles. The molecule has 106 valence electrons. The number of hydrogen-bond donors (Lipinski definition) is 0. The number of hydrogen-bond acceptors (Lipinski definition) is 3. The van der Waals surface area contributed by atoms with Crippen molar-refractivity contribution in [3.05, 3.63) is 0 Å². The molecule has 0 amide bonds. The first-order chi connectivity index (χ1) is 8.12. The highest BCUT2D eigenvalue weighted by Crippen LogP contribution is 2.42. The molecular formula is C10H13F5O3. The summed E-state index contributed by atoms with van der Waals surface area (Å²) in [7, 11) is 1.11. The Morgan fingerprint density at radius 3 is 2.11 bits per heavy atom. The summed E-state index contributed by atoms with van der Waals surface area (Å²) in [6.45, 7) is -1.77. The van der Waals surface area contributed by atoms with Crippen molar-refractivity contribution in [3.63, 3.8) is 0 Å². The zero-order valence-corrected chi connectivity index (χ0v) is 9.65.